The molecule has 0 aliphatic heterocycles. The topological polar surface area (TPSA) is 26.3 Å². The Morgan fingerprint density at radius 3 is 1.96 bits per heavy atom. The molecule has 2 nitrogen and oxygen atoms in total. The lowest BCUT2D eigenvalue weighted by Gasteiger charge is -2.16. The lowest BCUT2D eigenvalue weighted by molar-refractivity contribution is -0.104. The van der Waals surface area contributed by atoms with E-state index in [9.17, 15) is 0 Å². The van der Waals surface area contributed by atoms with Crippen LogP contribution < -0.4 is 0 Å². The SMILES string of the molecule is C=C(CC)/C(=C\C(=C)C(C)CCC(C)CC)OC.C=CC=O.CC. The van der Waals surface area contributed by atoms with Gasteiger partial charge in [0, 0.05) is 0 Å². The second kappa shape index (κ2) is 19.5. The first kappa shape index (κ1) is 27.3. The number of carbonyl (C=O) groups is 1. The Morgan fingerprint density at radius 1 is 1.12 bits per heavy atom. The second-order valence-electron chi connectivity index (χ2n) is 5.61. The molecule has 0 N–H and O–H groups in total. The minimum absolute atomic E-state index is 0.508. The third-order valence-electron chi connectivity index (χ3n) is 3.83. The van der Waals surface area contributed by atoms with E-state index in [1.54, 1.807) is 7.11 Å². The van der Waals surface area contributed by atoms with Gasteiger partial charge in [-0.15, -0.1) is 0 Å². The van der Waals surface area contributed by atoms with Gasteiger partial charge >= 0.3 is 0 Å². The maximum atomic E-state index is 9.06. The number of hydrogen-bond donors (Lipinski definition) is 0. The highest BCUT2D eigenvalue weighted by molar-refractivity contribution is 5.63. The van der Waals surface area contributed by atoms with Gasteiger partial charge in [0.1, 0.15) is 12.0 Å². The van der Waals surface area contributed by atoms with Gasteiger partial charge in [-0.25, -0.2) is 0 Å². The van der Waals surface area contributed by atoms with E-state index in [0.29, 0.717) is 12.2 Å². The molecule has 0 aromatic carbocycles. The molecule has 2 atom stereocenters. The molecule has 0 aliphatic rings. The van der Waals surface area contributed by atoms with Crippen LogP contribution in [0.25, 0.3) is 0 Å². The molecule has 0 saturated carbocycles. The van der Waals surface area contributed by atoms with Crippen molar-refractivity contribution < 1.29 is 9.53 Å². The van der Waals surface area contributed by atoms with Crippen LogP contribution in [0.4, 0.5) is 0 Å². The third kappa shape index (κ3) is 15.3. The summed E-state index contributed by atoms with van der Waals surface area (Å²) < 4.78 is 5.37. The predicted molar refractivity (Wildman–Crippen MR) is 109 cm³/mol. The van der Waals surface area contributed by atoms with E-state index in [4.69, 9.17) is 9.53 Å². The third-order valence-corrected chi connectivity index (χ3v) is 3.83. The summed E-state index contributed by atoms with van der Waals surface area (Å²) in [7, 11) is 1.70. The largest absolute Gasteiger partial charge is 0.496 e. The van der Waals surface area contributed by atoms with Crippen molar-refractivity contribution in [3.63, 3.8) is 0 Å². The fraction of sp³-hybridized carbons (Fsp3) is 0.591. The van der Waals surface area contributed by atoms with Crippen LogP contribution in [0, 0.1) is 11.8 Å². The molecule has 2 unspecified atom stereocenters. The molecule has 0 bridgehead atoms. The lowest BCUT2D eigenvalue weighted by atomic mass is 9.91. The Balaban J connectivity index is -0.000000636. The number of aldehydes is 1. The van der Waals surface area contributed by atoms with Crippen LogP contribution in [0.2, 0.25) is 0 Å². The summed E-state index contributed by atoms with van der Waals surface area (Å²) in [5, 5.41) is 0. The Hall–Kier alpha value is -1.57. The maximum absolute atomic E-state index is 9.06. The summed E-state index contributed by atoms with van der Waals surface area (Å²) in [6, 6.07) is 0. The highest BCUT2D eigenvalue weighted by atomic mass is 16.5. The molecule has 0 spiro atoms. The average molecular weight is 337 g/mol. The summed E-state index contributed by atoms with van der Waals surface area (Å²) in [4.78, 5) is 9.06. The van der Waals surface area contributed by atoms with Crippen molar-refractivity contribution in [3.8, 4) is 0 Å². The van der Waals surface area contributed by atoms with Gasteiger partial charge in [-0.3, -0.25) is 4.79 Å². The fourth-order valence-electron chi connectivity index (χ4n) is 1.71. The number of carbonyl (C=O) groups excluding carboxylic acids is 1. The first-order chi connectivity index (χ1) is 11.4. The van der Waals surface area contributed by atoms with E-state index in [1.807, 2.05) is 19.9 Å². The zero-order chi connectivity index (χ0) is 19.5. The minimum Gasteiger partial charge on any atom is -0.496 e. The molecular weight excluding hydrogens is 296 g/mol. The van der Waals surface area contributed by atoms with Crippen LogP contribution in [0.3, 0.4) is 0 Å². The van der Waals surface area contributed by atoms with Gasteiger partial charge in [-0.2, -0.15) is 0 Å². The predicted octanol–water partition coefficient (Wildman–Crippen LogP) is 6.90. The van der Waals surface area contributed by atoms with Crippen LogP contribution in [-0.2, 0) is 9.53 Å². The zero-order valence-electron chi connectivity index (χ0n) is 17.2. The molecule has 0 aliphatic carbocycles. The number of ether oxygens (including phenoxy) is 1. The molecular formula is C22H40O2. The van der Waals surface area contributed by atoms with E-state index in [2.05, 4.69) is 47.4 Å². The number of hydrogen-bond acceptors (Lipinski definition) is 2. The van der Waals surface area contributed by atoms with E-state index < -0.39 is 0 Å². The minimum atomic E-state index is 0.508. The number of methoxy groups -OCH3 is 1. The van der Waals surface area contributed by atoms with Crippen molar-refractivity contribution in [1.29, 1.82) is 0 Å². The van der Waals surface area contributed by atoms with E-state index in [0.717, 1.165) is 29.2 Å². The van der Waals surface area contributed by atoms with Crippen molar-refractivity contribution >= 4 is 6.29 Å². The standard InChI is InChI=1S/C17H30O.C3H4O.C2H6/c1-8-13(3)10-11-15(5)16(6)12-17(18-7)14(4)9-2;1-2-3-4;1-2/h12-13,15H,4,6,8-11H2,1-3,5,7H3;2-3H,1H2;1-2H3/b17-12+;;. The first-order valence-electron chi connectivity index (χ1n) is 9.06. The fourth-order valence-corrected chi connectivity index (χ4v) is 1.71. The first-order valence-corrected chi connectivity index (χ1v) is 9.06. The quantitative estimate of drug-likeness (QED) is 0.188. The summed E-state index contributed by atoms with van der Waals surface area (Å²) >= 11 is 0. The normalized spacial score (nSPS) is 12.4. The van der Waals surface area contributed by atoms with Crippen LogP contribution in [0.15, 0.2) is 48.8 Å². The summed E-state index contributed by atoms with van der Waals surface area (Å²) in [5.41, 5.74) is 2.18. The molecule has 2 heteroatoms. The highest BCUT2D eigenvalue weighted by Crippen LogP contribution is 2.23. The van der Waals surface area contributed by atoms with Crippen LogP contribution >= 0.6 is 0 Å². The highest BCUT2D eigenvalue weighted by Gasteiger charge is 2.09. The molecule has 24 heavy (non-hydrogen) atoms. The smallest absolute Gasteiger partial charge is 0.142 e. The average Bonchev–Trinajstić information content (AvgIpc) is 2.64. The molecule has 0 aromatic rings. The van der Waals surface area contributed by atoms with Gasteiger partial charge in [0.25, 0.3) is 0 Å². The van der Waals surface area contributed by atoms with Gasteiger partial charge < -0.3 is 4.74 Å². The van der Waals surface area contributed by atoms with Gasteiger partial charge in [-0.05, 0) is 48.0 Å². The summed E-state index contributed by atoms with van der Waals surface area (Å²) in [6.07, 6.45) is 8.51. The van der Waals surface area contributed by atoms with Gasteiger partial charge in [0.05, 0.1) is 7.11 Å². The zero-order valence-corrected chi connectivity index (χ0v) is 17.2. The van der Waals surface area contributed by atoms with Crippen LogP contribution in [0.1, 0.15) is 67.2 Å². The van der Waals surface area contributed by atoms with Crippen LogP contribution in [0.5, 0.6) is 0 Å². The molecule has 0 fully saturated rings. The van der Waals surface area contributed by atoms with Crippen LogP contribution in [-0.4, -0.2) is 13.4 Å². The van der Waals surface area contributed by atoms with Crippen molar-refractivity contribution in [2.24, 2.45) is 11.8 Å². The molecule has 0 rings (SSSR count). The molecule has 0 amide bonds. The monoisotopic (exact) mass is 336 g/mol. The van der Waals surface area contributed by atoms with Gasteiger partial charge in [0.2, 0.25) is 0 Å². The number of allylic oxidation sites excluding steroid dienone is 4. The molecule has 0 radical (unpaired) electrons. The van der Waals surface area contributed by atoms with E-state index >= 15 is 0 Å². The molecule has 0 aromatic heterocycles. The Labute approximate surface area is 151 Å². The number of rotatable bonds is 10. The van der Waals surface area contributed by atoms with E-state index in [-0.39, 0.29) is 0 Å². The van der Waals surface area contributed by atoms with Crippen molar-refractivity contribution in [3.05, 3.63) is 48.8 Å². The summed E-state index contributed by atoms with van der Waals surface area (Å²) in [6.45, 7) is 24.2. The van der Waals surface area contributed by atoms with Crippen molar-refractivity contribution in [1.82, 2.24) is 0 Å². The molecule has 0 saturated heterocycles. The lowest BCUT2D eigenvalue weighted by Crippen LogP contribution is -2.02. The van der Waals surface area contributed by atoms with Gasteiger partial charge in [-0.1, -0.05) is 74.1 Å². The Morgan fingerprint density at radius 2 is 1.62 bits per heavy atom. The van der Waals surface area contributed by atoms with E-state index in [1.165, 1.54) is 25.3 Å². The van der Waals surface area contributed by atoms with Gasteiger partial charge in [0.15, 0.2) is 0 Å². The van der Waals surface area contributed by atoms with Crippen molar-refractivity contribution in [2.45, 2.75) is 67.2 Å². The molecule has 0 heterocycles. The Bertz CT molecular complexity index is 371. The molecule has 140 valence electrons. The Kier molecular flexibility index (Phi) is 22.1. The van der Waals surface area contributed by atoms with Crippen molar-refractivity contribution in [2.75, 3.05) is 7.11 Å². The maximum Gasteiger partial charge on any atom is 0.142 e. The second-order valence-corrected chi connectivity index (χ2v) is 5.61. The summed E-state index contributed by atoms with van der Waals surface area (Å²) in [5.74, 6) is 2.18.